The molecule has 0 radical (unpaired) electrons. The van der Waals surface area contributed by atoms with Crippen molar-refractivity contribution in [3.63, 3.8) is 0 Å². The molecule has 0 aromatic heterocycles. The largest absolute Gasteiger partial charge is 0.493 e. The van der Waals surface area contributed by atoms with Gasteiger partial charge in [-0.1, -0.05) is 12.1 Å². The molecule has 5 heteroatoms. The van der Waals surface area contributed by atoms with Crippen molar-refractivity contribution in [2.24, 2.45) is 5.73 Å². The summed E-state index contributed by atoms with van der Waals surface area (Å²) in [5, 5.41) is 9.10. The van der Waals surface area contributed by atoms with Crippen molar-refractivity contribution >= 4 is 0 Å². The Labute approximate surface area is 122 Å². The summed E-state index contributed by atoms with van der Waals surface area (Å²) in [6.07, 6.45) is 0. The summed E-state index contributed by atoms with van der Waals surface area (Å²) < 4.78 is 24.7. The Morgan fingerprint density at radius 2 is 1.86 bits per heavy atom. The highest BCUT2D eigenvalue weighted by Crippen LogP contribution is 2.34. The summed E-state index contributed by atoms with van der Waals surface area (Å²) >= 11 is 0. The van der Waals surface area contributed by atoms with Gasteiger partial charge < -0.3 is 20.3 Å². The van der Waals surface area contributed by atoms with Gasteiger partial charge in [-0.05, 0) is 42.3 Å². The zero-order valence-corrected chi connectivity index (χ0v) is 12.0. The van der Waals surface area contributed by atoms with E-state index in [1.807, 2.05) is 0 Å². The van der Waals surface area contributed by atoms with Crippen LogP contribution >= 0.6 is 0 Å². The summed E-state index contributed by atoms with van der Waals surface area (Å²) in [6.45, 7) is 1.68. The van der Waals surface area contributed by atoms with E-state index < -0.39 is 5.82 Å². The van der Waals surface area contributed by atoms with Gasteiger partial charge in [-0.15, -0.1) is 0 Å². The molecule has 0 unspecified atom stereocenters. The van der Waals surface area contributed by atoms with Crippen molar-refractivity contribution in [1.29, 1.82) is 0 Å². The molecule has 4 nitrogen and oxygen atoms in total. The van der Waals surface area contributed by atoms with Gasteiger partial charge >= 0.3 is 0 Å². The number of ether oxygens (including phenoxy) is 2. The molecular formula is C16H18FNO3. The Balaban J connectivity index is 2.29. The highest BCUT2D eigenvalue weighted by Gasteiger charge is 2.11. The molecule has 0 aliphatic carbocycles. The monoisotopic (exact) mass is 291 g/mol. The van der Waals surface area contributed by atoms with Crippen LogP contribution in [0.4, 0.5) is 4.39 Å². The zero-order valence-electron chi connectivity index (χ0n) is 12.0. The SMILES string of the molecule is COc1cc(CO)ccc1Oc1ccc([C@@H](C)N)cc1F. The highest BCUT2D eigenvalue weighted by atomic mass is 19.1. The van der Waals surface area contributed by atoms with Gasteiger partial charge in [0.05, 0.1) is 13.7 Å². The lowest BCUT2D eigenvalue weighted by Crippen LogP contribution is -2.05. The van der Waals surface area contributed by atoms with E-state index in [1.54, 1.807) is 31.2 Å². The van der Waals surface area contributed by atoms with Crippen LogP contribution in [-0.2, 0) is 6.61 Å². The maximum Gasteiger partial charge on any atom is 0.169 e. The number of aliphatic hydroxyl groups is 1. The van der Waals surface area contributed by atoms with E-state index in [4.69, 9.17) is 20.3 Å². The molecule has 0 heterocycles. The van der Waals surface area contributed by atoms with Gasteiger partial charge in [-0.2, -0.15) is 0 Å². The molecule has 0 fully saturated rings. The van der Waals surface area contributed by atoms with E-state index in [1.165, 1.54) is 19.2 Å². The van der Waals surface area contributed by atoms with Gasteiger partial charge in [0.25, 0.3) is 0 Å². The number of methoxy groups -OCH3 is 1. The van der Waals surface area contributed by atoms with E-state index >= 15 is 0 Å². The maximum atomic E-state index is 14.0. The average molecular weight is 291 g/mol. The van der Waals surface area contributed by atoms with Gasteiger partial charge in [0.1, 0.15) is 0 Å². The van der Waals surface area contributed by atoms with Crippen LogP contribution in [0.15, 0.2) is 36.4 Å². The van der Waals surface area contributed by atoms with Crippen LogP contribution < -0.4 is 15.2 Å². The van der Waals surface area contributed by atoms with Gasteiger partial charge in [-0.25, -0.2) is 4.39 Å². The Kier molecular flexibility index (Phi) is 4.77. The van der Waals surface area contributed by atoms with Crippen molar-refractivity contribution in [1.82, 2.24) is 0 Å². The molecule has 0 saturated carbocycles. The van der Waals surface area contributed by atoms with Crippen LogP contribution in [0.1, 0.15) is 24.1 Å². The highest BCUT2D eigenvalue weighted by molar-refractivity contribution is 5.46. The third kappa shape index (κ3) is 3.51. The van der Waals surface area contributed by atoms with Crippen molar-refractivity contribution in [3.05, 3.63) is 53.3 Å². The second kappa shape index (κ2) is 6.56. The van der Waals surface area contributed by atoms with Crippen LogP contribution in [0.3, 0.4) is 0 Å². The number of benzene rings is 2. The van der Waals surface area contributed by atoms with E-state index in [9.17, 15) is 4.39 Å². The number of hydrogen-bond donors (Lipinski definition) is 2. The number of nitrogens with two attached hydrogens (primary N) is 1. The Hall–Kier alpha value is -2.11. The predicted octanol–water partition coefficient (Wildman–Crippen LogP) is 3.14. The molecule has 0 aliphatic rings. The number of hydrogen-bond acceptors (Lipinski definition) is 4. The van der Waals surface area contributed by atoms with Crippen LogP contribution in [0.25, 0.3) is 0 Å². The minimum atomic E-state index is -0.488. The Morgan fingerprint density at radius 3 is 2.43 bits per heavy atom. The summed E-state index contributed by atoms with van der Waals surface area (Å²) in [5.74, 6) is 0.409. The number of rotatable bonds is 5. The standard InChI is InChI=1S/C16H18FNO3/c1-10(18)12-4-6-14(13(17)8-12)21-15-5-3-11(9-19)7-16(15)20-2/h3-8,10,19H,9,18H2,1-2H3/t10-/m1/s1. The van der Waals surface area contributed by atoms with E-state index in [2.05, 4.69) is 0 Å². The van der Waals surface area contributed by atoms with E-state index in [0.717, 1.165) is 0 Å². The minimum Gasteiger partial charge on any atom is -0.493 e. The Bertz CT molecular complexity index is 629. The Morgan fingerprint density at radius 1 is 1.14 bits per heavy atom. The van der Waals surface area contributed by atoms with Crippen molar-refractivity contribution in [2.75, 3.05) is 7.11 Å². The molecule has 0 amide bonds. The predicted molar refractivity (Wildman–Crippen MR) is 78.0 cm³/mol. The average Bonchev–Trinajstić information content (AvgIpc) is 2.49. The third-order valence-corrected chi connectivity index (χ3v) is 3.11. The second-order valence-corrected chi connectivity index (χ2v) is 4.72. The fourth-order valence-electron chi connectivity index (χ4n) is 1.90. The molecule has 0 bridgehead atoms. The third-order valence-electron chi connectivity index (χ3n) is 3.11. The fraction of sp³-hybridized carbons (Fsp3) is 0.250. The molecule has 0 spiro atoms. The van der Waals surface area contributed by atoms with Crippen LogP contribution in [0.2, 0.25) is 0 Å². The quantitative estimate of drug-likeness (QED) is 0.888. The summed E-state index contributed by atoms with van der Waals surface area (Å²) in [6, 6.07) is 9.32. The molecule has 0 aliphatic heterocycles. The minimum absolute atomic E-state index is 0.0921. The molecule has 1 atom stereocenters. The molecule has 2 rings (SSSR count). The molecule has 21 heavy (non-hydrogen) atoms. The topological polar surface area (TPSA) is 64.7 Å². The molecular weight excluding hydrogens is 273 g/mol. The van der Waals surface area contributed by atoms with Gasteiger partial charge in [0.2, 0.25) is 0 Å². The van der Waals surface area contributed by atoms with E-state index in [0.29, 0.717) is 22.6 Å². The summed E-state index contributed by atoms with van der Waals surface area (Å²) in [5.41, 5.74) is 7.10. The van der Waals surface area contributed by atoms with Crippen molar-refractivity contribution < 1.29 is 19.0 Å². The van der Waals surface area contributed by atoms with Crippen LogP contribution in [-0.4, -0.2) is 12.2 Å². The first-order valence-corrected chi connectivity index (χ1v) is 6.55. The van der Waals surface area contributed by atoms with Crippen molar-refractivity contribution in [3.8, 4) is 17.2 Å². The fourth-order valence-corrected chi connectivity index (χ4v) is 1.90. The van der Waals surface area contributed by atoms with Crippen molar-refractivity contribution in [2.45, 2.75) is 19.6 Å². The van der Waals surface area contributed by atoms with Crippen LogP contribution in [0.5, 0.6) is 17.2 Å². The van der Waals surface area contributed by atoms with Crippen LogP contribution in [0, 0.1) is 5.82 Å². The first-order valence-electron chi connectivity index (χ1n) is 6.55. The van der Waals surface area contributed by atoms with Gasteiger partial charge in [-0.3, -0.25) is 0 Å². The maximum absolute atomic E-state index is 14.0. The molecule has 3 N–H and O–H groups in total. The number of halogens is 1. The second-order valence-electron chi connectivity index (χ2n) is 4.72. The lowest BCUT2D eigenvalue weighted by Gasteiger charge is -2.13. The molecule has 112 valence electrons. The lowest BCUT2D eigenvalue weighted by atomic mass is 10.1. The molecule has 0 saturated heterocycles. The van der Waals surface area contributed by atoms with Gasteiger partial charge in [0.15, 0.2) is 23.1 Å². The lowest BCUT2D eigenvalue weighted by molar-refractivity contribution is 0.280. The summed E-state index contributed by atoms with van der Waals surface area (Å²) in [7, 11) is 1.49. The van der Waals surface area contributed by atoms with E-state index in [-0.39, 0.29) is 18.4 Å². The normalized spacial score (nSPS) is 12.0. The zero-order chi connectivity index (χ0) is 15.4. The molecule has 2 aromatic rings. The number of aliphatic hydroxyl groups excluding tert-OH is 1. The summed E-state index contributed by atoms with van der Waals surface area (Å²) in [4.78, 5) is 0. The smallest absolute Gasteiger partial charge is 0.169 e. The molecule has 2 aromatic carbocycles. The first-order chi connectivity index (χ1) is 10.0. The first kappa shape index (κ1) is 15.3. The van der Waals surface area contributed by atoms with Gasteiger partial charge in [0, 0.05) is 6.04 Å².